The predicted molar refractivity (Wildman–Crippen MR) is 67.4 cm³/mol. The molecule has 0 radical (unpaired) electrons. The van der Waals surface area contributed by atoms with Gasteiger partial charge in [-0.25, -0.2) is 4.98 Å². The van der Waals surface area contributed by atoms with E-state index in [-0.39, 0.29) is 17.5 Å². The first-order chi connectivity index (χ1) is 7.79. The van der Waals surface area contributed by atoms with Gasteiger partial charge >= 0.3 is 0 Å². The van der Waals surface area contributed by atoms with Crippen molar-refractivity contribution in [2.75, 3.05) is 0 Å². The third-order valence-electron chi connectivity index (χ3n) is 2.38. The monoisotopic (exact) mass is 238 g/mol. The van der Waals surface area contributed by atoms with E-state index in [1.807, 2.05) is 45.5 Å². The van der Waals surface area contributed by atoms with Gasteiger partial charge in [-0.1, -0.05) is 0 Å². The first-order valence-corrected chi connectivity index (χ1v) is 5.81. The number of carbonyl (C=O) groups excluding carboxylic acids is 1. The molecule has 1 amide bonds. The topological polar surface area (TPSA) is 59.0 Å². The first kappa shape index (κ1) is 13.7. The van der Waals surface area contributed by atoms with E-state index in [1.165, 1.54) is 0 Å². The molecular formula is C12H22N4O. The molecule has 0 saturated heterocycles. The van der Waals surface area contributed by atoms with Crippen LogP contribution in [0.4, 0.5) is 0 Å². The Hall–Kier alpha value is -1.36. The third-order valence-corrected chi connectivity index (χ3v) is 2.38. The molecule has 0 aliphatic heterocycles. The average Bonchev–Trinajstić information content (AvgIpc) is 2.57. The maximum absolute atomic E-state index is 11.8. The molecule has 0 bridgehead atoms. The summed E-state index contributed by atoms with van der Waals surface area (Å²) in [7, 11) is 1.93. The quantitative estimate of drug-likeness (QED) is 0.816. The van der Waals surface area contributed by atoms with Crippen LogP contribution in [0.5, 0.6) is 0 Å². The van der Waals surface area contributed by atoms with E-state index >= 15 is 0 Å². The highest BCUT2D eigenvalue weighted by molar-refractivity contribution is 5.81. The summed E-state index contributed by atoms with van der Waals surface area (Å²) in [6, 6.07) is -0.231. The van der Waals surface area contributed by atoms with Crippen LogP contribution in [0.1, 0.15) is 33.5 Å². The van der Waals surface area contributed by atoms with Crippen molar-refractivity contribution in [3.05, 3.63) is 18.2 Å². The third kappa shape index (κ3) is 4.56. The summed E-state index contributed by atoms with van der Waals surface area (Å²) in [5.41, 5.74) is -0.198. The number of amides is 1. The van der Waals surface area contributed by atoms with Crippen molar-refractivity contribution in [2.45, 2.75) is 45.8 Å². The second kappa shape index (κ2) is 5.31. The Labute approximate surface area is 103 Å². The highest BCUT2D eigenvalue weighted by atomic mass is 16.2. The van der Waals surface area contributed by atoms with Crippen molar-refractivity contribution in [3.63, 3.8) is 0 Å². The maximum Gasteiger partial charge on any atom is 0.237 e. The number of nitrogens with one attached hydrogen (secondary N) is 2. The van der Waals surface area contributed by atoms with Gasteiger partial charge in [-0.05, 0) is 27.7 Å². The van der Waals surface area contributed by atoms with Crippen molar-refractivity contribution in [2.24, 2.45) is 7.05 Å². The fourth-order valence-corrected chi connectivity index (χ4v) is 1.38. The van der Waals surface area contributed by atoms with Gasteiger partial charge in [-0.2, -0.15) is 0 Å². The normalized spacial score (nSPS) is 13.5. The molecule has 2 N–H and O–H groups in total. The minimum atomic E-state index is -0.231. The molecule has 5 heteroatoms. The second-order valence-electron chi connectivity index (χ2n) is 5.30. The molecule has 1 heterocycles. The van der Waals surface area contributed by atoms with Gasteiger partial charge in [0, 0.05) is 25.0 Å². The van der Waals surface area contributed by atoms with Crippen LogP contribution in [0.15, 0.2) is 12.4 Å². The van der Waals surface area contributed by atoms with Gasteiger partial charge in [0.15, 0.2) is 0 Å². The smallest absolute Gasteiger partial charge is 0.237 e. The standard InChI is InChI=1S/C12H22N4O/c1-9(11(17)15-12(2,3)4)14-8-10-13-6-7-16(10)5/h6-7,9,14H,8H2,1-5H3,(H,15,17). The largest absolute Gasteiger partial charge is 0.350 e. The number of aryl methyl sites for hydroxylation is 1. The van der Waals surface area contributed by atoms with Gasteiger partial charge in [0.2, 0.25) is 5.91 Å². The number of imidazole rings is 1. The summed E-state index contributed by atoms with van der Waals surface area (Å²) in [4.78, 5) is 16.0. The van der Waals surface area contributed by atoms with Crippen LogP contribution in [-0.4, -0.2) is 27.0 Å². The van der Waals surface area contributed by atoms with Crippen molar-refractivity contribution in [1.82, 2.24) is 20.2 Å². The van der Waals surface area contributed by atoms with Gasteiger partial charge in [-0.15, -0.1) is 0 Å². The van der Waals surface area contributed by atoms with E-state index in [2.05, 4.69) is 15.6 Å². The number of hydrogen-bond acceptors (Lipinski definition) is 3. The molecule has 1 aromatic heterocycles. The van der Waals surface area contributed by atoms with E-state index in [0.717, 1.165) is 5.82 Å². The molecule has 1 unspecified atom stereocenters. The van der Waals surface area contributed by atoms with Crippen LogP contribution in [-0.2, 0) is 18.4 Å². The van der Waals surface area contributed by atoms with E-state index in [1.54, 1.807) is 6.20 Å². The molecular weight excluding hydrogens is 216 g/mol. The van der Waals surface area contributed by atoms with Crippen LogP contribution >= 0.6 is 0 Å². The minimum Gasteiger partial charge on any atom is -0.350 e. The van der Waals surface area contributed by atoms with Crippen LogP contribution in [0.25, 0.3) is 0 Å². The number of hydrogen-bond donors (Lipinski definition) is 2. The molecule has 5 nitrogen and oxygen atoms in total. The lowest BCUT2D eigenvalue weighted by Crippen LogP contribution is -2.49. The van der Waals surface area contributed by atoms with Gasteiger partial charge in [-0.3, -0.25) is 10.1 Å². The fourth-order valence-electron chi connectivity index (χ4n) is 1.38. The van der Waals surface area contributed by atoms with Crippen molar-refractivity contribution >= 4 is 5.91 Å². The van der Waals surface area contributed by atoms with Crippen molar-refractivity contribution in [1.29, 1.82) is 0 Å². The fraction of sp³-hybridized carbons (Fsp3) is 0.667. The molecule has 96 valence electrons. The maximum atomic E-state index is 11.8. The summed E-state index contributed by atoms with van der Waals surface area (Å²) >= 11 is 0. The minimum absolute atomic E-state index is 0.00621. The van der Waals surface area contributed by atoms with Gasteiger partial charge in [0.1, 0.15) is 5.82 Å². The lowest BCUT2D eigenvalue weighted by Gasteiger charge is -2.23. The second-order valence-corrected chi connectivity index (χ2v) is 5.30. The molecule has 0 fully saturated rings. The number of nitrogens with zero attached hydrogens (tertiary/aromatic N) is 2. The van der Waals surface area contributed by atoms with E-state index in [9.17, 15) is 4.79 Å². The lowest BCUT2D eigenvalue weighted by molar-refractivity contribution is -0.124. The molecule has 1 atom stereocenters. The number of carbonyl (C=O) groups is 1. The Balaban J connectivity index is 2.42. The number of aromatic nitrogens is 2. The zero-order chi connectivity index (χ0) is 13.1. The lowest BCUT2D eigenvalue weighted by atomic mass is 10.1. The molecule has 0 saturated carbocycles. The Morgan fingerprint density at radius 2 is 2.18 bits per heavy atom. The highest BCUT2D eigenvalue weighted by Crippen LogP contribution is 2.00. The van der Waals surface area contributed by atoms with Crippen LogP contribution in [0.3, 0.4) is 0 Å². The van der Waals surface area contributed by atoms with Gasteiger partial charge in [0.25, 0.3) is 0 Å². The Bertz CT molecular complexity index is 378. The Kier molecular flexibility index (Phi) is 4.28. The first-order valence-electron chi connectivity index (χ1n) is 5.81. The highest BCUT2D eigenvalue weighted by Gasteiger charge is 2.18. The van der Waals surface area contributed by atoms with E-state index in [4.69, 9.17) is 0 Å². The molecule has 17 heavy (non-hydrogen) atoms. The molecule has 0 spiro atoms. The van der Waals surface area contributed by atoms with E-state index in [0.29, 0.717) is 6.54 Å². The van der Waals surface area contributed by atoms with Crippen LogP contribution in [0.2, 0.25) is 0 Å². The van der Waals surface area contributed by atoms with E-state index < -0.39 is 0 Å². The molecule has 0 aliphatic rings. The summed E-state index contributed by atoms with van der Waals surface area (Å²) in [5, 5.41) is 6.09. The summed E-state index contributed by atoms with van der Waals surface area (Å²) in [6.45, 7) is 8.34. The zero-order valence-electron chi connectivity index (χ0n) is 11.2. The van der Waals surface area contributed by atoms with Crippen LogP contribution < -0.4 is 10.6 Å². The Morgan fingerprint density at radius 3 is 2.65 bits per heavy atom. The number of rotatable bonds is 4. The average molecular weight is 238 g/mol. The summed E-state index contributed by atoms with van der Waals surface area (Å²) in [6.07, 6.45) is 3.63. The predicted octanol–water partition coefficient (Wildman–Crippen LogP) is 0.813. The van der Waals surface area contributed by atoms with Crippen molar-refractivity contribution < 1.29 is 4.79 Å². The summed E-state index contributed by atoms with van der Waals surface area (Å²) in [5.74, 6) is 0.923. The molecule has 0 aromatic carbocycles. The van der Waals surface area contributed by atoms with Crippen molar-refractivity contribution in [3.8, 4) is 0 Å². The molecule has 1 rings (SSSR count). The van der Waals surface area contributed by atoms with Gasteiger partial charge < -0.3 is 9.88 Å². The van der Waals surface area contributed by atoms with Gasteiger partial charge in [0.05, 0.1) is 12.6 Å². The molecule has 1 aromatic rings. The Morgan fingerprint density at radius 1 is 1.53 bits per heavy atom. The summed E-state index contributed by atoms with van der Waals surface area (Å²) < 4.78 is 1.93. The zero-order valence-corrected chi connectivity index (χ0v) is 11.2. The SMILES string of the molecule is CC(NCc1nccn1C)C(=O)NC(C)(C)C. The molecule has 0 aliphatic carbocycles. The van der Waals surface area contributed by atoms with Crippen LogP contribution in [0, 0.1) is 0 Å².